The van der Waals surface area contributed by atoms with Gasteiger partial charge in [0.15, 0.2) is 9.75 Å². The maximum Gasteiger partial charge on any atom is 0.351 e. The van der Waals surface area contributed by atoms with Gasteiger partial charge in [-0.15, -0.1) is 22.7 Å². The topological polar surface area (TPSA) is 82.1 Å². The molecule has 0 spiro atoms. The van der Waals surface area contributed by atoms with Crippen molar-refractivity contribution in [2.24, 2.45) is 0 Å². The van der Waals surface area contributed by atoms with E-state index >= 15 is 0 Å². The molecule has 8 heteroatoms. The third-order valence-corrected chi connectivity index (χ3v) is 8.41. The number of carbonyl (C=O) groups excluding carboxylic acids is 1. The van der Waals surface area contributed by atoms with Gasteiger partial charge in [0.05, 0.1) is 7.11 Å². The summed E-state index contributed by atoms with van der Waals surface area (Å²) in [6.45, 7) is 9.09. The number of hydrogen-bond acceptors (Lipinski definition) is 7. The number of carbonyl (C=O) groups is 2. The van der Waals surface area contributed by atoms with Crippen molar-refractivity contribution in [3.05, 3.63) is 103 Å². The number of hydrogen-bond donors (Lipinski definition) is 1. The third-order valence-electron chi connectivity index (χ3n) is 5.61. The number of carboxylic acids is 1. The van der Waals surface area contributed by atoms with Gasteiger partial charge in [0.25, 0.3) is 0 Å². The summed E-state index contributed by atoms with van der Waals surface area (Å²) < 4.78 is 16.2. The Labute approximate surface area is 237 Å². The summed E-state index contributed by atoms with van der Waals surface area (Å²) in [5.74, 6) is 0.457. The fourth-order valence-electron chi connectivity index (χ4n) is 3.42. The molecule has 0 saturated heterocycles. The lowest BCUT2D eigenvalue weighted by Gasteiger charge is -2.06. The van der Waals surface area contributed by atoms with Crippen molar-refractivity contribution in [2.75, 3.05) is 7.11 Å². The van der Waals surface area contributed by atoms with E-state index in [1.807, 2.05) is 86.6 Å². The first-order valence-corrected chi connectivity index (χ1v) is 14.2. The second-order valence-corrected chi connectivity index (χ2v) is 11.5. The van der Waals surface area contributed by atoms with Crippen LogP contribution in [-0.2, 0) is 18.0 Å². The van der Waals surface area contributed by atoms with Gasteiger partial charge in [0.2, 0.25) is 0 Å². The molecule has 0 unspecified atom stereocenters. The van der Waals surface area contributed by atoms with E-state index in [0.29, 0.717) is 41.4 Å². The molecule has 2 aromatic heterocycles. The molecule has 206 valence electrons. The Kier molecular flexibility index (Phi) is 11.1. The molecule has 0 aliphatic rings. The highest BCUT2D eigenvalue weighted by atomic mass is 32.1. The second kappa shape index (κ2) is 14.5. The van der Waals surface area contributed by atoms with Crippen LogP contribution in [0.1, 0.15) is 79.8 Å². The summed E-state index contributed by atoms with van der Waals surface area (Å²) in [4.78, 5) is 25.9. The maximum absolute atomic E-state index is 11.8. The number of esters is 1. The van der Waals surface area contributed by atoms with Crippen LogP contribution in [0.5, 0.6) is 11.5 Å². The first kappa shape index (κ1) is 29.9. The molecule has 1 N–H and O–H groups in total. The van der Waals surface area contributed by atoms with Crippen LogP contribution < -0.4 is 9.47 Å². The zero-order valence-corrected chi connectivity index (χ0v) is 24.4. The van der Waals surface area contributed by atoms with Crippen LogP contribution in [0.25, 0.3) is 0 Å². The SMILES string of the molecule is CC(C)c1cc(OCc2ccccc2)c(C(=O)O)s1.COC(=O)c1sc(C(C)C)cc1OCc1ccccc1. The van der Waals surface area contributed by atoms with Gasteiger partial charge in [0.1, 0.15) is 24.7 Å². The Balaban J connectivity index is 0.000000216. The van der Waals surface area contributed by atoms with E-state index in [2.05, 4.69) is 13.8 Å². The summed E-state index contributed by atoms with van der Waals surface area (Å²) >= 11 is 2.72. The van der Waals surface area contributed by atoms with Gasteiger partial charge in [-0.1, -0.05) is 88.4 Å². The Morgan fingerprint density at radius 2 is 1.13 bits per heavy atom. The smallest absolute Gasteiger partial charge is 0.351 e. The predicted octanol–water partition coefficient (Wildman–Crippen LogP) is 8.39. The molecule has 2 heterocycles. The van der Waals surface area contributed by atoms with Gasteiger partial charge in [-0.25, -0.2) is 9.59 Å². The van der Waals surface area contributed by atoms with Crippen molar-refractivity contribution in [1.82, 2.24) is 0 Å². The zero-order valence-electron chi connectivity index (χ0n) is 22.8. The third kappa shape index (κ3) is 8.70. The summed E-state index contributed by atoms with van der Waals surface area (Å²) in [6.07, 6.45) is 0. The Morgan fingerprint density at radius 1 is 0.718 bits per heavy atom. The Bertz CT molecular complexity index is 1340. The molecule has 6 nitrogen and oxygen atoms in total. The number of benzene rings is 2. The summed E-state index contributed by atoms with van der Waals surface area (Å²) in [5, 5.41) is 9.19. The first-order valence-electron chi connectivity index (χ1n) is 12.6. The summed E-state index contributed by atoms with van der Waals surface area (Å²) in [5.41, 5.74) is 2.09. The minimum atomic E-state index is -0.931. The van der Waals surface area contributed by atoms with Gasteiger partial charge < -0.3 is 19.3 Å². The van der Waals surface area contributed by atoms with Crippen LogP contribution in [0.4, 0.5) is 0 Å². The normalized spacial score (nSPS) is 10.6. The van der Waals surface area contributed by atoms with E-state index in [1.54, 1.807) is 0 Å². The molecule has 4 rings (SSSR count). The lowest BCUT2D eigenvalue weighted by molar-refractivity contribution is 0.0600. The molecule has 4 aromatic rings. The van der Waals surface area contributed by atoms with E-state index in [-0.39, 0.29) is 10.8 Å². The second-order valence-electron chi connectivity index (χ2n) is 9.34. The summed E-state index contributed by atoms with van der Waals surface area (Å²) in [7, 11) is 1.39. The molecule has 2 aromatic carbocycles. The highest BCUT2D eigenvalue weighted by Crippen LogP contribution is 2.35. The average Bonchev–Trinajstić information content (AvgIpc) is 3.57. The molecule has 0 fully saturated rings. The van der Waals surface area contributed by atoms with Gasteiger partial charge in [0, 0.05) is 9.75 Å². The molecule has 0 radical (unpaired) electrons. The Hall–Kier alpha value is -3.62. The lowest BCUT2D eigenvalue weighted by atomic mass is 10.2. The van der Waals surface area contributed by atoms with Crippen molar-refractivity contribution < 1.29 is 28.9 Å². The molecule has 0 amide bonds. The standard InChI is InChI=1S/C16H18O3S.C15H16O3S/c1-11(2)14-9-13(15(20-14)16(17)18-3)19-10-12-7-5-4-6-8-12;1-10(2)13-8-12(14(19-13)15(16)17)18-9-11-6-4-3-5-7-11/h4-9,11H,10H2,1-3H3;3-8,10H,9H2,1-2H3,(H,16,17). The number of methoxy groups -OCH3 is 1. The Morgan fingerprint density at radius 3 is 1.51 bits per heavy atom. The van der Waals surface area contributed by atoms with Crippen LogP contribution in [0.3, 0.4) is 0 Å². The van der Waals surface area contributed by atoms with Crippen molar-refractivity contribution >= 4 is 34.6 Å². The number of rotatable bonds is 10. The molecular formula is C31H34O6S2. The average molecular weight is 567 g/mol. The van der Waals surface area contributed by atoms with Crippen molar-refractivity contribution in [3.8, 4) is 11.5 Å². The van der Waals surface area contributed by atoms with Gasteiger partial charge >= 0.3 is 11.9 Å². The van der Waals surface area contributed by atoms with Crippen molar-refractivity contribution in [1.29, 1.82) is 0 Å². The highest BCUT2D eigenvalue weighted by Gasteiger charge is 2.20. The molecule has 0 aliphatic carbocycles. The number of aromatic carboxylic acids is 1. The van der Waals surface area contributed by atoms with E-state index in [0.717, 1.165) is 20.9 Å². The quantitative estimate of drug-likeness (QED) is 0.194. The molecular weight excluding hydrogens is 532 g/mol. The van der Waals surface area contributed by atoms with Gasteiger partial charge in [-0.2, -0.15) is 0 Å². The van der Waals surface area contributed by atoms with Crippen LogP contribution >= 0.6 is 22.7 Å². The minimum Gasteiger partial charge on any atom is -0.487 e. The number of thiophene rings is 2. The van der Waals surface area contributed by atoms with E-state index in [4.69, 9.17) is 14.2 Å². The first-order chi connectivity index (χ1) is 18.7. The fraction of sp³-hybridized carbons (Fsp3) is 0.290. The fourth-order valence-corrected chi connectivity index (χ4v) is 5.39. The van der Waals surface area contributed by atoms with Crippen LogP contribution in [0.15, 0.2) is 72.8 Å². The maximum atomic E-state index is 11.8. The molecule has 0 aliphatic heterocycles. The number of ether oxygens (including phenoxy) is 3. The van der Waals surface area contributed by atoms with E-state index in [9.17, 15) is 14.7 Å². The molecule has 39 heavy (non-hydrogen) atoms. The molecule has 0 saturated carbocycles. The van der Waals surface area contributed by atoms with Crippen molar-refractivity contribution in [2.45, 2.75) is 52.7 Å². The predicted molar refractivity (Wildman–Crippen MR) is 157 cm³/mol. The van der Waals surface area contributed by atoms with Crippen LogP contribution in [0.2, 0.25) is 0 Å². The molecule has 0 atom stereocenters. The highest BCUT2D eigenvalue weighted by molar-refractivity contribution is 7.14. The van der Waals surface area contributed by atoms with Gasteiger partial charge in [-0.05, 0) is 35.1 Å². The van der Waals surface area contributed by atoms with Gasteiger partial charge in [-0.3, -0.25) is 0 Å². The largest absolute Gasteiger partial charge is 0.487 e. The van der Waals surface area contributed by atoms with Crippen LogP contribution in [-0.4, -0.2) is 24.2 Å². The molecule has 0 bridgehead atoms. The van der Waals surface area contributed by atoms with E-state index < -0.39 is 5.97 Å². The minimum absolute atomic E-state index is 0.277. The van der Waals surface area contributed by atoms with E-state index in [1.165, 1.54) is 29.8 Å². The van der Waals surface area contributed by atoms with Crippen LogP contribution in [0, 0.1) is 0 Å². The monoisotopic (exact) mass is 566 g/mol. The zero-order chi connectivity index (χ0) is 28.4. The number of carboxylic acid groups (broad SMARTS) is 1. The lowest BCUT2D eigenvalue weighted by Crippen LogP contribution is -2.02. The van der Waals surface area contributed by atoms with Crippen molar-refractivity contribution in [3.63, 3.8) is 0 Å². The summed E-state index contributed by atoms with van der Waals surface area (Å²) in [6, 6.07) is 23.4.